The van der Waals surface area contributed by atoms with Gasteiger partial charge in [-0.25, -0.2) is 0 Å². The Labute approximate surface area is 106 Å². The quantitative estimate of drug-likeness (QED) is 0.843. The van der Waals surface area contributed by atoms with E-state index in [4.69, 9.17) is 4.74 Å². The molecular formula is C13H16N2O3. The van der Waals surface area contributed by atoms with E-state index in [1.54, 1.807) is 38.3 Å². The topological polar surface area (TPSA) is 67.4 Å². The highest BCUT2D eigenvalue weighted by atomic mass is 16.5. The number of amides is 2. The molecule has 2 rings (SSSR count). The molecule has 0 bridgehead atoms. The Morgan fingerprint density at radius 1 is 1.39 bits per heavy atom. The third kappa shape index (κ3) is 2.45. The van der Waals surface area contributed by atoms with Crippen molar-refractivity contribution in [1.82, 2.24) is 5.32 Å². The molecule has 0 saturated carbocycles. The number of hydrogen-bond acceptors (Lipinski definition) is 3. The Bertz CT molecular complexity index is 470. The van der Waals surface area contributed by atoms with E-state index < -0.39 is 5.41 Å². The second-order valence-electron chi connectivity index (χ2n) is 4.70. The van der Waals surface area contributed by atoms with Crippen LogP contribution < -0.4 is 15.4 Å². The van der Waals surface area contributed by atoms with Crippen LogP contribution in [0.5, 0.6) is 5.75 Å². The van der Waals surface area contributed by atoms with Crippen molar-refractivity contribution in [3.05, 3.63) is 24.3 Å². The maximum Gasteiger partial charge on any atom is 0.232 e. The minimum Gasteiger partial charge on any atom is -0.497 e. The molecule has 1 fully saturated rings. The predicted octanol–water partition coefficient (Wildman–Crippen LogP) is 1.16. The van der Waals surface area contributed by atoms with Crippen LogP contribution in [0.1, 0.15) is 13.3 Å². The van der Waals surface area contributed by atoms with E-state index >= 15 is 0 Å². The molecule has 2 N–H and O–H groups in total. The molecule has 1 aromatic carbocycles. The molecule has 1 unspecified atom stereocenters. The number of anilines is 1. The zero-order chi connectivity index (χ0) is 13.2. The average molecular weight is 248 g/mol. The highest BCUT2D eigenvalue weighted by Crippen LogP contribution is 2.27. The highest BCUT2D eigenvalue weighted by molar-refractivity contribution is 5.99. The van der Waals surface area contributed by atoms with Crippen LogP contribution in [0.4, 0.5) is 5.69 Å². The Morgan fingerprint density at radius 3 is 2.56 bits per heavy atom. The third-order valence-corrected chi connectivity index (χ3v) is 3.12. The molecule has 0 aliphatic carbocycles. The van der Waals surface area contributed by atoms with Crippen LogP contribution in [0.3, 0.4) is 0 Å². The molecule has 18 heavy (non-hydrogen) atoms. The molecule has 5 nitrogen and oxygen atoms in total. The fraction of sp³-hybridized carbons (Fsp3) is 0.385. The van der Waals surface area contributed by atoms with Gasteiger partial charge in [0, 0.05) is 18.7 Å². The van der Waals surface area contributed by atoms with Crippen LogP contribution in [0.2, 0.25) is 0 Å². The van der Waals surface area contributed by atoms with Gasteiger partial charge in [-0.3, -0.25) is 9.59 Å². The SMILES string of the molecule is COc1ccc(NC(=O)C2(C)CNC(=O)C2)cc1. The van der Waals surface area contributed by atoms with Crippen molar-refractivity contribution >= 4 is 17.5 Å². The van der Waals surface area contributed by atoms with Gasteiger partial charge in [0.05, 0.1) is 12.5 Å². The summed E-state index contributed by atoms with van der Waals surface area (Å²) in [6, 6.07) is 7.08. The van der Waals surface area contributed by atoms with Gasteiger partial charge in [0.25, 0.3) is 0 Å². The van der Waals surface area contributed by atoms with Crippen LogP contribution in [0.15, 0.2) is 24.3 Å². The summed E-state index contributed by atoms with van der Waals surface area (Å²) in [5.41, 5.74) is 0.0261. The second-order valence-corrected chi connectivity index (χ2v) is 4.70. The number of carbonyl (C=O) groups is 2. The molecule has 1 atom stereocenters. The summed E-state index contributed by atoms with van der Waals surface area (Å²) in [7, 11) is 1.59. The minimum absolute atomic E-state index is 0.0811. The van der Waals surface area contributed by atoms with Gasteiger partial charge in [-0.1, -0.05) is 0 Å². The summed E-state index contributed by atoms with van der Waals surface area (Å²) in [6.45, 7) is 2.16. The van der Waals surface area contributed by atoms with Gasteiger partial charge >= 0.3 is 0 Å². The first-order valence-corrected chi connectivity index (χ1v) is 5.76. The zero-order valence-corrected chi connectivity index (χ0v) is 10.4. The largest absolute Gasteiger partial charge is 0.497 e. The molecule has 1 aliphatic rings. The Morgan fingerprint density at radius 2 is 2.06 bits per heavy atom. The van der Waals surface area contributed by atoms with Crippen molar-refractivity contribution in [1.29, 1.82) is 0 Å². The number of methoxy groups -OCH3 is 1. The number of benzene rings is 1. The molecule has 1 saturated heterocycles. The van der Waals surface area contributed by atoms with Crippen molar-refractivity contribution in [2.45, 2.75) is 13.3 Å². The molecule has 5 heteroatoms. The first-order chi connectivity index (χ1) is 8.53. The number of ether oxygens (including phenoxy) is 1. The van der Waals surface area contributed by atoms with E-state index in [1.807, 2.05) is 0 Å². The smallest absolute Gasteiger partial charge is 0.232 e. The van der Waals surface area contributed by atoms with Crippen molar-refractivity contribution in [2.75, 3.05) is 19.0 Å². The lowest BCUT2D eigenvalue weighted by Gasteiger charge is -2.20. The maximum absolute atomic E-state index is 12.1. The first-order valence-electron chi connectivity index (χ1n) is 5.76. The summed E-state index contributed by atoms with van der Waals surface area (Å²) in [4.78, 5) is 23.3. The Hall–Kier alpha value is -2.04. The van der Waals surface area contributed by atoms with Crippen molar-refractivity contribution in [3.63, 3.8) is 0 Å². The molecular weight excluding hydrogens is 232 g/mol. The summed E-state index contributed by atoms with van der Waals surface area (Å²) in [5.74, 6) is 0.505. The van der Waals surface area contributed by atoms with E-state index in [2.05, 4.69) is 10.6 Å². The van der Waals surface area contributed by atoms with Gasteiger partial charge in [-0.2, -0.15) is 0 Å². The normalized spacial score (nSPS) is 22.4. The molecule has 1 heterocycles. The Balaban J connectivity index is 2.04. The van der Waals surface area contributed by atoms with Gasteiger partial charge < -0.3 is 15.4 Å². The van der Waals surface area contributed by atoms with Crippen molar-refractivity contribution in [2.24, 2.45) is 5.41 Å². The molecule has 0 aromatic heterocycles. The second kappa shape index (κ2) is 4.68. The van der Waals surface area contributed by atoms with E-state index in [-0.39, 0.29) is 18.2 Å². The molecule has 0 spiro atoms. The fourth-order valence-electron chi connectivity index (χ4n) is 1.89. The van der Waals surface area contributed by atoms with Gasteiger partial charge in [-0.05, 0) is 31.2 Å². The van der Waals surface area contributed by atoms with Gasteiger partial charge in [0.15, 0.2) is 0 Å². The van der Waals surface area contributed by atoms with Crippen molar-refractivity contribution in [3.8, 4) is 5.75 Å². The number of hydrogen-bond donors (Lipinski definition) is 2. The van der Waals surface area contributed by atoms with Crippen LogP contribution in [-0.4, -0.2) is 25.5 Å². The Kier molecular flexibility index (Phi) is 3.23. The lowest BCUT2D eigenvalue weighted by atomic mass is 9.88. The minimum atomic E-state index is -0.670. The van der Waals surface area contributed by atoms with Crippen LogP contribution in [0, 0.1) is 5.41 Å². The standard InChI is InChI=1S/C13H16N2O3/c1-13(7-11(16)14-8-13)12(17)15-9-3-5-10(18-2)6-4-9/h3-6H,7-8H2,1-2H3,(H,14,16)(H,15,17). The summed E-state index contributed by atoms with van der Waals surface area (Å²) in [5, 5.41) is 5.48. The predicted molar refractivity (Wildman–Crippen MR) is 67.4 cm³/mol. The van der Waals surface area contributed by atoms with Gasteiger partial charge in [-0.15, -0.1) is 0 Å². The fourth-order valence-corrected chi connectivity index (χ4v) is 1.89. The maximum atomic E-state index is 12.1. The zero-order valence-electron chi connectivity index (χ0n) is 10.4. The molecule has 1 aliphatic heterocycles. The van der Waals surface area contributed by atoms with Gasteiger partial charge in [0.1, 0.15) is 5.75 Å². The summed E-state index contributed by atoms with van der Waals surface area (Å²) >= 11 is 0. The van der Waals surface area contributed by atoms with Crippen LogP contribution >= 0.6 is 0 Å². The first kappa shape index (κ1) is 12.4. The number of nitrogens with one attached hydrogen (secondary N) is 2. The monoisotopic (exact) mass is 248 g/mol. The number of rotatable bonds is 3. The highest BCUT2D eigenvalue weighted by Gasteiger charge is 2.40. The summed E-state index contributed by atoms with van der Waals surface area (Å²) in [6.07, 6.45) is 0.231. The van der Waals surface area contributed by atoms with Crippen LogP contribution in [-0.2, 0) is 9.59 Å². The van der Waals surface area contributed by atoms with Gasteiger partial charge in [0.2, 0.25) is 11.8 Å². The lowest BCUT2D eigenvalue weighted by molar-refractivity contribution is -0.126. The molecule has 2 amide bonds. The lowest BCUT2D eigenvalue weighted by Crippen LogP contribution is -2.35. The molecule has 96 valence electrons. The number of carbonyl (C=O) groups excluding carboxylic acids is 2. The summed E-state index contributed by atoms with van der Waals surface area (Å²) < 4.78 is 5.04. The van der Waals surface area contributed by atoms with E-state index in [0.29, 0.717) is 12.2 Å². The van der Waals surface area contributed by atoms with Crippen molar-refractivity contribution < 1.29 is 14.3 Å². The van der Waals surface area contributed by atoms with E-state index in [0.717, 1.165) is 5.75 Å². The van der Waals surface area contributed by atoms with Crippen LogP contribution in [0.25, 0.3) is 0 Å². The average Bonchev–Trinajstić information content (AvgIpc) is 2.71. The van der Waals surface area contributed by atoms with E-state index in [1.165, 1.54) is 0 Å². The third-order valence-electron chi connectivity index (χ3n) is 3.12. The molecule has 1 aromatic rings. The van der Waals surface area contributed by atoms with E-state index in [9.17, 15) is 9.59 Å². The molecule has 0 radical (unpaired) electrons.